The van der Waals surface area contributed by atoms with E-state index in [-0.39, 0.29) is 5.91 Å². The standard InChI is InChI=1S/C23H25N3O/c1-2-19-12-6-8-16-25(19)22(27)15-14-20-21-13-7-9-17-26(21)24-23(20)18-10-4-3-5-11-18/h3-5,7,9-11,13-15,17,19H,2,6,8,12,16H2,1H3/t19-/m0/s1. The van der Waals surface area contributed by atoms with Crippen molar-refractivity contribution in [2.75, 3.05) is 6.54 Å². The van der Waals surface area contributed by atoms with Crippen molar-refractivity contribution in [1.29, 1.82) is 0 Å². The molecule has 1 aliphatic rings. The molecular formula is C23H25N3O. The third-order valence-electron chi connectivity index (χ3n) is 5.40. The second-order valence-electron chi connectivity index (χ2n) is 7.08. The number of piperidine rings is 1. The highest BCUT2D eigenvalue weighted by atomic mass is 16.2. The van der Waals surface area contributed by atoms with E-state index in [2.05, 4.69) is 19.1 Å². The van der Waals surface area contributed by atoms with Crippen molar-refractivity contribution in [1.82, 2.24) is 14.5 Å². The minimum atomic E-state index is 0.107. The number of fused-ring (bicyclic) bond motifs is 1. The van der Waals surface area contributed by atoms with Gasteiger partial charge < -0.3 is 4.90 Å². The summed E-state index contributed by atoms with van der Waals surface area (Å²) in [7, 11) is 0. The van der Waals surface area contributed by atoms with Gasteiger partial charge in [-0.25, -0.2) is 4.52 Å². The van der Waals surface area contributed by atoms with Crippen LogP contribution in [0.5, 0.6) is 0 Å². The van der Waals surface area contributed by atoms with Crippen LogP contribution in [0.3, 0.4) is 0 Å². The second-order valence-corrected chi connectivity index (χ2v) is 7.08. The zero-order valence-electron chi connectivity index (χ0n) is 15.7. The SMILES string of the molecule is CC[C@H]1CCCCN1C(=O)C=Cc1c(-c2ccccc2)nn2ccccc12. The number of hydrogen-bond donors (Lipinski definition) is 0. The minimum absolute atomic E-state index is 0.107. The highest BCUT2D eigenvalue weighted by Crippen LogP contribution is 2.27. The number of likely N-dealkylation sites (tertiary alicyclic amines) is 1. The zero-order valence-corrected chi connectivity index (χ0v) is 15.7. The maximum absolute atomic E-state index is 12.9. The fourth-order valence-electron chi connectivity index (χ4n) is 3.96. The molecule has 0 unspecified atom stereocenters. The number of carbonyl (C=O) groups excluding carboxylic acids is 1. The Kier molecular flexibility index (Phi) is 5.05. The van der Waals surface area contributed by atoms with E-state index in [0.717, 1.165) is 48.1 Å². The molecule has 1 aliphatic heterocycles. The minimum Gasteiger partial charge on any atom is -0.336 e. The van der Waals surface area contributed by atoms with Crippen LogP contribution in [0.25, 0.3) is 22.9 Å². The van der Waals surface area contributed by atoms with Crippen LogP contribution in [-0.4, -0.2) is 33.0 Å². The van der Waals surface area contributed by atoms with Crippen molar-refractivity contribution < 1.29 is 4.79 Å². The van der Waals surface area contributed by atoms with Crippen LogP contribution in [-0.2, 0) is 4.79 Å². The normalized spacial score (nSPS) is 17.7. The van der Waals surface area contributed by atoms with Crippen LogP contribution >= 0.6 is 0 Å². The van der Waals surface area contributed by atoms with Crippen LogP contribution in [0.15, 0.2) is 60.8 Å². The summed E-state index contributed by atoms with van der Waals surface area (Å²) >= 11 is 0. The molecule has 2 aromatic heterocycles. The molecule has 0 saturated carbocycles. The van der Waals surface area contributed by atoms with Crippen LogP contribution in [0.4, 0.5) is 0 Å². The fourth-order valence-corrected chi connectivity index (χ4v) is 3.96. The van der Waals surface area contributed by atoms with Crippen molar-refractivity contribution in [3.05, 3.63) is 66.4 Å². The Morgan fingerprint density at radius 3 is 2.78 bits per heavy atom. The Morgan fingerprint density at radius 1 is 1.15 bits per heavy atom. The number of aromatic nitrogens is 2. The summed E-state index contributed by atoms with van der Waals surface area (Å²) < 4.78 is 1.88. The van der Waals surface area contributed by atoms with Crippen molar-refractivity contribution in [2.45, 2.75) is 38.6 Å². The first-order chi connectivity index (χ1) is 13.3. The number of carbonyl (C=O) groups is 1. The molecule has 0 spiro atoms. The average molecular weight is 359 g/mol. The highest BCUT2D eigenvalue weighted by molar-refractivity contribution is 5.95. The third kappa shape index (κ3) is 3.52. The summed E-state index contributed by atoms with van der Waals surface area (Å²) in [4.78, 5) is 14.9. The van der Waals surface area contributed by atoms with Gasteiger partial charge in [0, 0.05) is 36.0 Å². The van der Waals surface area contributed by atoms with Gasteiger partial charge in [0.15, 0.2) is 0 Å². The van der Waals surface area contributed by atoms with E-state index in [4.69, 9.17) is 5.10 Å². The predicted octanol–water partition coefficient (Wildman–Crippen LogP) is 4.81. The average Bonchev–Trinajstić information content (AvgIpc) is 3.11. The first-order valence-electron chi connectivity index (χ1n) is 9.79. The van der Waals surface area contributed by atoms with Gasteiger partial charge in [-0.2, -0.15) is 5.10 Å². The lowest BCUT2D eigenvalue weighted by molar-refractivity contribution is -0.129. The van der Waals surface area contributed by atoms with E-state index < -0.39 is 0 Å². The van der Waals surface area contributed by atoms with Gasteiger partial charge in [0.25, 0.3) is 0 Å². The molecule has 1 atom stereocenters. The van der Waals surface area contributed by atoms with E-state index in [1.165, 1.54) is 6.42 Å². The molecule has 4 nitrogen and oxygen atoms in total. The monoisotopic (exact) mass is 359 g/mol. The Hall–Kier alpha value is -2.88. The summed E-state index contributed by atoms with van der Waals surface area (Å²) in [5, 5.41) is 4.75. The number of benzene rings is 1. The highest BCUT2D eigenvalue weighted by Gasteiger charge is 2.23. The van der Waals surface area contributed by atoms with E-state index in [1.54, 1.807) is 6.08 Å². The third-order valence-corrected chi connectivity index (χ3v) is 5.40. The lowest BCUT2D eigenvalue weighted by Gasteiger charge is -2.34. The molecule has 4 heteroatoms. The van der Waals surface area contributed by atoms with Gasteiger partial charge in [0.05, 0.1) is 5.52 Å². The van der Waals surface area contributed by atoms with Gasteiger partial charge in [-0.1, -0.05) is 43.3 Å². The molecule has 1 fully saturated rings. The lowest BCUT2D eigenvalue weighted by atomic mass is 10.00. The second kappa shape index (κ2) is 7.78. The molecule has 27 heavy (non-hydrogen) atoms. The predicted molar refractivity (Wildman–Crippen MR) is 109 cm³/mol. The summed E-state index contributed by atoms with van der Waals surface area (Å²) in [6.07, 6.45) is 10.1. The van der Waals surface area contributed by atoms with Gasteiger partial charge in [-0.05, 0) is 43.9 Å². The molecule has 0 aliphatic carbocycles. The maximum Gasteiger partial charge on any atom is 0.246 e. The summed E-state index contributed by atoms with van der Waals surface area (Å²) in [6, 6.07) is 16.5. The van der Waals surface area contributed by atoms with E-state index in [1.807, 2.05) is 58.1 Å². The molecular weight excluding hydrogens is 334 g/mol. The quantitative estimate of drug-likeness (QED) is 0.627. The van der Waals surface area contributed by atoms with E-state index >= 15 is 0 Å². The van der Waals surface area contributed by atoms with Gasteiger partial charge in [-0.15, -0.1) is 0 Å². The van der Waals surface area contributed by atoms with Crippen molar-refractivity contribution in [3.63, 3.8) is 0 Å². The van der Waals surface area contributed by atoms with E-state index in [9.17, 15) is 4.79 Å². The van der Waals surface area contributed by atoms with Crippen LogP contribution in [0.2, 0.25) is 0 Å². The largest absolute Gasteiger partial charge is 0.336 e. The summed E-state index contributed by atoms with van der Waals surface area (Å²) in [5.74, 6) is 0.107. The molecule has 138 valence electrons. The molecule has 3 aromatic rings. The number of nitrogens with zero attached hydrogens (tertiary/aromatic N) is 3. The first kappa shape index (κ1) is 17.5. The van der Waals surface area contributed by atoms with Crippen LogP contribution in [0.1, 0.15) is 38.2 Å². The fraction of sp³-hybridized carbons (Fsp3) is 0.304. The molecule has 1 aromatic carbocycles. The van der Waals surface area contributed by atoms with Crippen LogP contribution in [0, 0.1) is 0 Å². The number of hydrogen-bond acceptors (Lipinski definition) is 2. The number of pyridine rings is 1. The Morgan fingerprint density at radius 2 is 1.96 bits per heavy atom. The van der Waals surface area contributed by atoms with Crippen molar-refractivity contribution in [3.8, 4) is 11.3 Å². The molecule has 3 heterocycles. The van der Waals surface area contributed by atoms with Gasteiger partial charge in [0.2, 0.25) is 5.91 Å². The molecule has 4 rings (SSSR count). The lowest BCUT2D eigenvalue weighted by Crippen LogP contribution is -2.42. The molecule has 0 bridgehead atoms. The Bertz CT molecular complexity index is 958. The Labute approximate surface area is 160 Å². The Balaban J connectivity index is 1.70. The van der Waals surface area contributed by atoms with Gasteiger partial charge in [-0.3, -0.25) is 4.79 Å². The van der Waals surface area contributed by atoms with E-state index in [0.29, 0.717) is 6.04 Å². The molecule has 1 saturated heterocycles. The summed E-state index contributed by atoms with van der Waals surface area (Å²) in [5.41, 5.74) is 3.94. The van der Waals surface area contributed by atoms with Crippen LogP contribution < -0.4 is 0 Å². The number of rotatable bonds is 4. The smallest absolute Gasteiger partial charge is 0.246 e. The number of amides is 1. The van der Waals surface area contributed by atoms with Gasteiger partial charge >= 0.3 is 0 Å². The molecule has 0 N–H and O–H groups in total. The maximum atomic E-state index is 12.9. The topological polar surface area (TPSA) is 37.6 Å². The molecule has 0 radical (unpaired) electrons. The van der Waals surface area contributed by atoms with Gasteiger partial charge in [0.1, 0.15) is 5.69 Å². The zero-order chi connectivity index (χ0) is 18.6. The molecule has 1 amide bonds. The summed E-state index contributed by atoms with van der Waals surface area (Å²) in [6.45, 7) is 3.03. The van der Waals surface area contributed by atoms with Crippen molar-refractivity contribution >= 4 is 17.5 Å². The van der Waals surface area contributed by atoms with Crippen molar-refractivity contribution in [2.24, 2.45) is 0 Å². The first-order valence-corrected chi connectivity index (χ1v) is 9.79.